The quantitative estimate of drug-likeness (QED) is 0.932. The van der Waals surface area contributed by atoms with Crippen molar-refractivity contribution in [2.24, 2.45) is 5.41 Å². The standard InChI is InChI=1S/C14H18BrNO2/c1-14(13(17)18)6-8-16(9-7-14)10-11-2-4-12(15)5-3-11/h2-5H,6-10H2,1H3,(H,17,18). The molecule has 0 spiro atoms. The fourth-order valence-electron chi connectivity index (χ4n) is 2.27. The number of rotatable bonds is 3. The maximum absolute atomic E-state index is 11.2. The van der Waals surface area contributed by atoms with E-state index in [9.17, 15) is 9.90 Å². The number of likely N-dealkylation sites (tertiary alicyclic amines) is 1. The van der Waals surface area contributed by atoms with Gasteiger partial charge in [0.15, 0.2) is 0 Å². The van der Waals surface area contributed by atoms with Gasteiger partial charge in [-0.2, -0.15) is 0 Å². The van der Waals surface area contributed by atoms with Gasteiger partial charge in [-0.3, -0.25) is 9.69 Å². The molecule has 0 amide bonds. The molecule has 2 rings (SSSR count). The zero-order valence-electron chi connectivity index (χ0n) is 10.5. The summed E-state index contributed by atoms with van der Waals surface area (Å²) in [6.07, 6.45) is 1.47. The van der Waals surface area contributed by atoms with Crippen LogP contribution in [0.5, 0.6) is 0 Å². The summed E-state index contributed by atoms with van der Waals surface area (Å²) in [5.41, 5.74) is 0.744. The van der Waals surface area contributed by atoms with Crippen molar-refractivity contribution in [2.45, 2.75) is 26.3 Å². The van der Waals surface area contributed by atoms with Gasteiger partial charge in [0.2, 0.25) is 0 Å². The van der Waals surface area contributed by atoms with E-state index in [2.05, 4.69) is 33.0 Å². The van der Waals surface area contributed by atoms with E-state index in [1.165, 1.54) is 5.56 Å². The minimum atomic E-state index is -0.661. The molecular formula is C14H18BrNO2. The Morgan fingerprint density at radius 3 is 2.39 bits per heavy atom. The summed E-state index contributed by atoms with van der Waals surface area (Å²) in [6, 6.07) is 8.30. The van der Waals surface area contributed by atoms with Crippen molar-refractivity contribution in [1.29, 1.82) is 0 Å². The van der Waals surface area contributed by atoms with Crippen molar-refractivity contribution >= 4 is 21.9 Å². The molecule has 1 aromatic carbocycles. The number of benzene rings is 1. The predicted octanol–water partition coefficient (Wildman–Crippen LogP) is 3.14. The van der Waals surface area contributed by atoms with Crippen LogP contribution in [0.4, 0.5) is 0 Å². The molecule has 1 aliphatic rings. The number of carboxylic acids is 1. The van der Waals surface area contributed by atoms with Crippen molar-refractivity contribution in [3.05, 3.63) is 34.3 Å². The zero-order chi connectivity index (χ0) is 13.2. The first-order chi connectivity index (χ1) is 8.49. The van der Waals surface area contributed by atoms with Crippen LogP contribution in [0.2, 0.25) is 0 Å². The van der Waals surface area contributed by atoms with Crippen molar-refractivity contribution in [2.75, 3.05) is 13.1 Å². The smallest absolute Gasteiger partial charge is 0.309 e. The van der Waals surface area contributed by atoms with E-state index < -0.39 is 11.4 Å². The second kappa shape index (κ2) is 5.41. The predicted molar refractivity (Wildman–Crippen MR) is 74.4 cm³/mol. The van der Waals surface area contributed by atoms with Crippen LogP contribution in [0.25, 0.3) is 0 Å². The van der Waals surface area contributed by atoms with Gasteiger partial charge in [0.25, 0.3) is 0 Å². The molecule has 98 valence electrons. The van der Waals surface area contributed by atoms with Gasteiger partial charge < -0.3 is 5.11 Å². The second-order valence-corrected chi connectivity index (χ2v) is 6.18. The fourth-order valence-corrected chi connectivity index (χ4v) is 2.53. The summed E-state index contributed by atoms with van der Waals surface area (Å²) in [4.78, 5) is 13.5. The average molecular weight is 312 g/mol. The number of carbonyl (C=O) groups is 1. The van der Waals surface area contributed by atoms with Crippen LogP contribution in [0.1, 0.15) is 25.3 Å². The van der Waals surface area contributed by atoms with E-state index in [0.717, 1.165) is 36.9 Å². The molecule has 1 aliphatic heterocycles. The largest absolute Gasteiger partial charge is 0.481 e. The highest BCUT2D eigenvalue weighted by atomic mass is 79.9. The van der Waals surface area contributed by atoms with Crippen LogP contribution in [0, 0.1) is 5.41 Å². The molecule has 0 atom stereocenters. The van der Waals surface area contributed by atoms with E-state index in [0.29, 0.717) is 0 Å². The number of carboxylic acid groups (broad SMARTS) is 1. The summed E-state index contributed by atoms with van der Waals surface area (Å²) in [7, 11) is 0. The Balaban J connectivity index is 1.91. The van der Waals surface area contributed by atoms with Gasteiger partial charge in [-0.05, 0) is 50.6 Å². The number of piperidine rings is 1. The lowest BCUT2D eigenvalue weighted by atomic mass is 9.80. The number of aliphatic carboxylic acids is 1. The van der Waals surface area contributed by atoms with Crippen molar-refractivity contribution in [1.82, 2.24) is 4.90 Å². The van der Waals surface area contributed by atoms with Crippen LogP contribution >= 0.6 is 15.9 Å². The zero-order valence-corrected chi connectivity index (χ0v) is 12.1. The third kappa shape index (κ3) is 3.12. The molecule has 4 heteroatoms. The molecule has 1 fully saturated rings. The second-order valence-electron chi connectivity index (χ2n) is 5.27. The van der Waals surface area contributed by atoms with Crippen LogP contribution in [0.3, 0.4) is 0 Å². The third-order valence-electron chi connectivity index (χ3n) is 3.80. The molecule has 0 aliphatic carbocycles. The highest BCUT2D eigenvalue weighted by Gasteiger charge is 2.36. The molecule has 1 saturated heterocycles. The maximum atomic E-state index is 11.2. The first-order valence-electron chi connectivity index (χ1n) is 6.20. The SMILES string of the molecule is CC1(C(=O)O)CCN(Cc2ccc(Br)cc2)CC1. The van der Waals surface area contributed by atoms with Gasteiger partial charge in [-0.25, -0.2) is 0 Å². The Kier molecular flexibility index (Phi) is 4.07. The monoisotopic (exact) mass is 311 g/mol. The van der Waals surface area contributed by atoms with E-state index >= 15 is 0 Å². The molecule has 1 aromatic rings. The Morgan fingerprint density at radius 1 is 1.33 bits per heavy atom. The van der Waals surface area contributed by atoms with E-state index in [-0.39, 0.29) is 0 Å². The summed E-state index contributed by atoms with van der Waals surface area (Å²) >= 11 is 3.42. The topological polar surface area (TPSA) is 40.5 Å². The average Bonchev–Trinajstić information content (AvgIpc) is 2.35. The van der Waals surface area contributed by atoms with Gasteiger partial charge in [0.05, 0.1) is 5.41 Å². The van der Waals surface area contributed by atoms with Gasteiger partial charge >= 0.3 is 5.97 Å². The summed E-state index contributed by atoms with van der Waals surface area (Å²) < 4.78 is 1.09. The third-order valence-corrected chi connectivity index (χ3v) is 4.32. The molecule has 0 bridgehead atoms. The molecule has 3 nitrogen and oxygen atoms in total. The highest BCUT2D eigenvalue weighted by molar-refractivity contribution is 9.10. The Labute approximate surface area is 116 Å². The minimum Gasteiger partial charge on any atom is -0.481 e. The van der Waals surface area contributed by atoms with Crippen LogP contribution in [0.15, 0.2) is 28.7 Å². The Hall–Kier alpha value is -0.870. The fraction of sp³-hybridized carbons (Fsp3) is 0.500. The summed E-state index contributed by atoms with van der Waals surface area (Å²) in [6.45, 7) is 4.48. The summed E-state index contributed by atoms with van der Waals surface area (Å²) in [5, 5.41) is 9.18. The minimum absolute atomic E-state index is 0.532. The Morgan fingerprint density at radius 2 is 1.89 bits per heavy atom. The number of nitrogens with zero attached hydrogens (tertiary/aromatic N) is 1. The van der Waals surface area contributed by atoms with Gasteiger partial charge in [-0.1, -0.05) is 28.1 Å². The molecule has 0 aromatic heterocycles. The number of hydrogen-bond donors (Lipinski definition) is 1. The first-order valence-corrected chi connectivity index (χ1v) is 6.99. The lowest BCUT2D eigenvalue weighted by Gasteiger charge is -2.36. The van der Waals surface area contributed by atoms with Crippen LogP contribution in [-0.2, 0) is 11.3 Å². The lowest BCUT2D eigenvalue weighted by molar-refractivity contribution is -0.150. The molecule has 1 N–H and O–H groups in total. The van der Waals surface area contributed by atoms with E-state index in [4.69, 9.17) is 0 Å². The lowest BCUT2D eigenvalue weighted by Crippen LogP contribution is -2.42. The number of halogens is 1. The Bertz CT molecular complexity index is 422. The van der Waals surface area contributed by atoms with Crippen molar-refractivity contribution in [3.63, 3.8) is 0 Å². The molecular weight excluding hydrogens is 294 g/mol. The van der Waals surface area contributed by atoms with E-state index in [1.54, 1.807) is 0 Å². The van der Waals surface area contributed by atoms with E-state index in [1.807, 2.05) is 19.1 Å². The molecule has 18 heavy (non-hydrogen) atoms. The van der Waals surface area contributed by atoms with Gasteiger partial charge in [-0.15, -0.1) is 0 Å². The maximum Gasteiger partial charge on any atom is 0.309 e. The summed E-state index contributed by atoms with van der Waals surface area (Å²) in [5.74, 6) is -0.661. The van der Waals surface area contributed by atoms with Crippen LogP contribution < -0.4 is 0 Å². The van der Waals surface area contributed by atoms with Crippen molar-refractivity contribution < 1.29 is 9.90 Å². The number of hydrogen-bond acceptors (Lipinski definition) is 2. The van der Waals surface area contributed by atoms with Gasteiger partial charge in [0.1, 0.15) is 0 Å². The normalized spacial score (nSPS) is 19.7. The highest BCUT2D eigenvalue weighted by Crippen LogP contribution is 2.31. The molecule has 0 radical (unpaired) electrons. The van der Waals surface area contributed by atoms with Crippen molar-refractivity contribution in [3.8, 4) is 0 Å². The van der Waals surface area contributed by atoms with Gasteiger partial charge in [0, 0.05) is 11.0 Å². The van der Waals surface area contributed by atoms with Crippen LogP contribution in [-0.4, -0.2) is 29.1 Å². The molecule has 0 saturated carbocycles. The first kappa shape index (κ1) is 13.6. The molecule has 1 heterocycles. The molecule has 0 unspecified atom stereocenters.